The van der Waals surface area contributed by atoms with E-state index in [1.165, 1.54) is 30.4 Å². The smallest absolute Gasteiger partial charge is 0.115 e. The lowest BCUT2D eigenvalue weighted by atomic mass is 9.86. The summed E-state index contributed by atoms with van der Waals surface area (Å²) in [5.74, 6) is 1.09. The van der Waals surface area contributed by atoms with Crippen LogP contribution in [0, 0.1) is 5.92 Å². The van der Waals surface area contributed by atoms with Gasteiger partial charge in [0.15, 0.2) is 0 Å². The Morgan fingerprint density at radius 1 is 1.39 bits per heavy atom. The fourth-order valence-corrected chi connectivity index (χ4v) is 2.81. The van der Waals surface area contributed by atoms with Gasteiger partial charge in [-0.3, -0.25) is 0 Å². The van der Waals surface area contributed by atoms with Gasteiger partial charge in [-0.1, -0.05) is 26.3 Å². The van der Waals surface area contributed by atoms with Gasteiger partial charge in [-0.2, -0.15) is 0 Å². The molecule has 2 rings (SSSR count). The maximum Gasteiger partial charge on any atom is 0.115 e. The number of phenols is 1. The summed E-state index contributed by atoms with van der Waals surface area (Å²) in [6.07, 6.45) is 4.73. The van der Waals surface area contributed by atoms with Crippen LogP contribution >= 0.6 is 0 Å². The second kappa shape index (κ2) is 5.75. The van der Waals surface area contributed by atoms with Crippen molar-refractivity contribution in [1.29, 1.82) is 0 Å². The first-order valence-electron chi connectivity index (χ1n) is 7.19. The van der Waals surface area contributed by atoms with Crippen LogP contribution in [0.1, 0.15) is 57.2 Å². The summed E-state index contributed by atoms with van der Waals surface area (Å²) in [4.78, 5) is 0. The zero-order chi connectivity index (χ0) is 13.1. The number of nitrogens with one attached hydrogen (secondary N) is 1. The zero-order valence-electron chi connectivity index (χ0n) is 11.7. The van der Waals surface area contributed by atoms with Crippen molar-refractivity contribution in [2.75, 3.05) is 0 Å². The maximum absolute atomic E-state index is 9.56. The molecule has 0 saturated carbocycles. The normalized spacial score (nSPS) is 22.3. The molecule has 3 atom stereocenters. The molecule has 18 heavy (non-hydrogen) atoms. The summed E-state index contributed by atoms with van der Waals surface area (Å²) in [5, 5.41) is 13.3. The highest BCUT2D eigenvalue weighted by molar-refractivity contribution is 5.38. The Bertz CT molecular complexity index is 402. The highest BCUT2D eigenvalue weighted by atomic mass is 16.3. The van der Waals surface area contributed by atoms with E-state index in [2.05, 4.69) is 32.2 Å². The summed E-state index contributed by atoms with van der Waals surface area (Å²) in [7, 11) is 0. The lowest BCUT2D eigenvalue weighted by Gasteiger charge is -2.31. The van der Waals surface area contributed by atoms with Crippen molar-refractivity contribution in [1.82, 2.24) is 5.32 Å². The van der Waals surface area contributed by atoms with Crippen molar-refractivity contribution in [2.45, 2.75) is 58.5 Å². The fraction of sp³-hybridized carbons (Fsp3) is 0.625. The Morgan fingerprint density at radius 3 is 2.89 bits per heavy atom. The third-order valence-corrected chi connectivity index (χ3v) is 4.40. The van der Waals surface area contributed by atoms with Gasteiger partial charge in [-0.25, -0.2) is 0 Å². The van der Waals surface area contributed by atoms with E-state index in [4.69, 9.17) is 0 Å². The van der Waals surface area contributed by atoms with Crippen molar-refractivity contribution in [3.05, 3.63) is 29.3 Å². The van der Waals surface area contributed by atoms with Crippen molar-refractivity contribution in [3.8, 4) is 5.75 Å². The SMILES string of the molecule is CCC(C)C(C)NC1CCCc2cc(O)ccc21. The second-order valence-corrected chi connectivity index (χ2v) is 5.67. The molecule has 1 aliphatic carbocycles. The quantitative estimate of drug-likeness (QED) is 0.848. The summed E-state index contributed by atoms with van der Waals surface area (Å²) in [6.45, 7) is 6.83. The summed E-state index contributed by atoms with van der Waals surface area (Å²) in [5.41, 5.74) is 2.70. The molecule has 1 aromatic rings. The van der Waals surface area contributed by atoms with Crippen LogP contribution in [0.15, 0.2) is 18.2 Å². The van der Waals surface area contributed by atoms with Crippen molar-refractivity contribution in [2.24, 2.45) is 5.92 Å². The highest BCUT2D eigenvalue weighted by Gasteiger charge is 2.23. The number of phenolic OH excluding ortho intramolecular Hbond substituents is 1. The third-order valence-electron chi connectivity index (χ3n) is 4.40. The van der Waals surface area contributed by atoms with Crippen molar-refractivity contribution in [3.63, 3.8) is 0 Å². The minimum absolute atomic E-state index is 0.393. The Kier molecular flexibility index (Phi) is 4.28. The van der Waals surface area contributed by atoms with Crippen molar-refractivity contribution >= 4 is 0 Å². The van der Waals surface area contributed by atoms with E-state index >= 15 is 0 Å². The highest BCUT2D eigenvalue weighted by Crippen LogP contribution is 2.32. The first-order chi connectivity index (χ1) is 8.61. The van der Waals surface area contributed by atoms with Crippen molar-refractivity contribution < 1.29 is 5.11 Å². The van der Waals surface area contributed by atoms with Gasteiger partial charge in [0.1, 0.15) is 5.75 Å². The molecule has 1 aromatic carbocycles. The molecule has 0 aliphatic heterocycles. The van der Waals surface area contributed by atoms with Gasteiger partial charge in [0.25, 0.3) is 0 Å². The molecule has 0 saturated heterocycles. The van der Waals surface area contributed by atoms with Gasteiger partial charge >= 0.3 is 0 Å². The topological polar surface area (TPSA) is 32.3 Å². The first-order valence-corrected chi connectivity index (χ1v) is 7.19. The first kappa shape index (κ1) is 13.4. The number of aromatic hydroxyl groups is 1. The number of rotatable bonds is 4. The molecule has 0 fully saturated rings. The van der Waals surface area contributed by atoms with E-state index in [1.807, 2.05) is 12.1 Å². The number of fused-ring (bicyclic) bond motifs is 1. The fourth-order valence-electron chi connectivity index (χ4n) is 2.81. The standard InChI is InChI=1S/C16H25NO/c1-4-11(2)12(3)17-16-7-5-6-13-10-14(18)8-9-15(13)16/h8-12,16-18H,4-7H2,1-3H3. The molecule has 0 amide bonds. The Hall–Kier alpha value is -1.02. The molecular weight excluding hydrogens is 222 g/mol. The van der Waals surface area contributed by atoms with E-state index in [9.17, 15) is 5.11 Å². The molecule has 0 bridgehead atoms. The van der Waals surface area contributed by atoms with Gasteiger partial charge in [0, 0.05) is 12.1 Å². The van der Waals surface area contributed by atoms with Crippen LogP contribution in [0.3, 0.4) is 0 Å². The van der Waals surface area contributed by atoms with E-state index in [0.29, 0.717) is 23.8 Å². The minimum Gasteiger partial charge on any atom is -0.508 e. The number of aryl methyl sites for hydroxylation is 1. The number of benzene rings is 1. The third kappa shape index (κ3) is 2.86. The lowest BCUT2D eigenvalue weighted by Crippen LogP contribution is -2.36. The van der Waals surface area contributed by atoms with Crippen LogP contribution in [-0.2, 0) is 6.42 Å². The van der Waals surface area contributed by atoms with Crippen LogP contribution in [0.2, 0.25) is 0 Å². The Morgan fingerprint density at radius 2 is 2.17 bits per heavy atom. The predicted octanol–water partition coefficient (Wildman–Crippen LogP) is 3.79. The largest absolute Gasteiger partial charge is 0.508 e. The van der Waals surface area contributed by atoms with Gasteiger partial charge in [-0.15, -0.1) is 0 Å². The predicted molar refractivity (Wildman–Crippen MR) is 75.8 cm³/mol. The molecule has 0 spiro atoms. The van der Waals surface area contributed by atoms with Crippen LogP contribution in [-0.4, -0.2) is 11.1 Å². The van der Waals surface area contributed by atoms with Gasteiger partial charge in [0.05, 0.1) is 0 Å². The average molecular weight is 247 g/mol. The average Bonchev–Trinajstić information content (AvgIpc) is 2.37. The molecular formula is C16H25NO. The number of hydrogen-bond acceptors (Lipinski definition) is 2. The Balaban J connectivity index is 2.12. The molecule has 1 aliphatic rings. The summed E-state index contributed by atoms with van der Waals surface area (Å²) in [6, 6.07) is 6.83. The monoisotopic (exact) mass is 247 g/mol. The molecule has 2 nitrogen and oxygen atoms in total. The zero-order valence-corrected chi connectivity index (χ0v) is 11.7. The van der Waals surface area contributed by atoms with Crippen LogP contribution in [0.25, 0.3) is 0 Å². The maximum atomic E-state index is 9.56. The van der Waals surface area contributed by atoms with E-state index in [-0.39, 0.29) is 0 Å². The minimum atomic E-state index is 0.393. The molecule has 2 heteroatoms. The second-order valence-electron chi connectivity index (χ2n) is 5.67. The summed E-state index contributed by atoms with van der Waals surface area (Å²) >= 11 is 0. The van der Waals surface area contributed by atoms with Crippen LogP contribution < -0.4 is 5.32 Å². The van der Waals surface area contributed by atoms with Crippen LogP contribution in [0.5, 0.6) is 5.75 Å². The van der Waals surface area contributed by atoms with Gasteiger partial charge in [0.2, 0.25) is 0 Å². The van der Waals surface area contributed by atoms with Crippen LogP contribution in [0.4, 0.5) is 0 Å². The molecule has 0 aromatic heterocycles. The van der Waals surface area contributed by atoms with Gasteiger partial charge in [-0.05, 0) is 55.4 Å². The molecule has 2 N–H and O–H groups in total. The van der Waals surface area contributed by atoms with Gasteiger partial charge < -0.3 is 10.4 Å². The Labute approximate surface area is 110 Å². The van der Waals surface area contributed by atoms with E-state index in [1.54, 1.807) is 0 Å². The summed E-state index contributed by atoms with van der Waals surface area (Å²) < 4.78 is 0. The molecule has 100 valence electrons. The lowest BCUT2D eigenvalue weighted by molar-refractivity contribution is 0.330. The number of hydrogen-bond donors (Lipinski definition) is 2. The van der Waals surface area contributed by atoms with E-state index < -0.39 is 0 Å². The molecule has 0 heterocycles. The molecule has 0 radical (unpaired) electrons. The molecule has 3 unspecified atom stereocenters. The van der Waals surface area contributed by atoms with E-state index in [0.717, 1.165) is 6.42 Å².